The zero-order valence-corrected chi connectivity index (χ0v) is 11.5. The van der Waals surface area contributed by atoms with Gasteiger partial charge in [0.1, 0.15) is 5.75 Å². The lowest BCUT2D eigenvalue weighted by molar-refractivity contribution is 0.0947. The monoisotopic (exact) mass is 250 g/mol. The van der Waals surface area contributed by atoms with Crippen LogP contribution in [0.1, 0.15) is 29.8 Å². The van der Waals surface area contributed by atoms with Crippen molar-refractivity contribution in [2.24, 2.45) is 0 Å². The Labute approximate surface area is 109 Å². The minimum atomic E-state index is -0.138. The predicted molar refractivity (Wildman–Crippen MR) is 72.9 cm³/mol. The van der Waals surface area contributed by atoms with Gasteiger partial charge in [-0.15, -0.1) is 0 Å². The first-order valence-corrected chi connectivity index (χ1v) is 6.20. The molecule has 4 nitrogen and oxygen atoms in total. The average molecular weight is 250 g/mol. The van der Waals surface area contributed by atoms with E-state index in [0.717, 1.165) is 6.54 Å². The van der Waals surface area contributed by atoms with Gasteiger partial charge in [-0.3, -0.25) is 4.79 Å². The van der Waals surface area contributed by atoms with Gasteiger partial charge >= 0.3 is 0 Å². The zero-order chi connectivity index (χ0) is 13.7. The SMILES string of the molecule is Cc1c(O)cccc1C(=O)NCCN(C)C(C)C. The summed E-state index contributed by atoms with van der Waals surface area (Å²) >= 11 is 0. The fourth-order valence-electron chi connectivity index (χ4n) is 1.57. The van der Waals surface area contributed by atoms with E-state index in [9.17, 15) is 9.90 Å². The molecule has 0 aliphatic rings. The topological polar surface area (TPSA) is 52.6 Å². The Morgan fingerprint density at radius 1 is 1.44 bits per heavy atom. The molecule has 1 aromatic carbocycles. The Balaban J connectivity index is 2.54. The minimum Gasteiger partial charge on any atom is -0.508 e. The molecule has 0 unspecified atom stereocenters. The number of carbonyl (C=O) groups excluding carboxylic acids is 1. The Morgan fingerprint density at radius 3 is 2.72 bits per heavy atom. The largest absolute Gasteiger partial charge is 0.508 e. The van der Waals surface area contributed by atoms with Crippen LogP contribution in [-0.2, 0) is 0 Å². The zero-order valence-electron chi connectivity index (χ0n) is 11.5. The van der Waals surface area contributed by atoms with Crippen LogP contribution in [-0.4, -0.2) is 42.1 Å². The molecule has 0 aliphatic heterocycles. The van der Waals surface area contributed by atoms with Crippen molar-refractivity contribution in [3.8, 4) is 5.75 Å². The number of phenolic OH excluding ortho intramolecular Hbond substituents is 1. The van der Waals surface area contributed by atoms with Gasteiger partial charge in [0.2, 0.25) is 0 Å². The van der Waals surface area contributed by atoms with Gasteiger partial charge < -0.3 is 15.3 Å². The molecule has 0 heterocycles. The van der Waals surface area contributed by atoms with Crippen molar-refractivity contribution in [2.45, 2.75) is 26.8 Å². The quantitative estimate of drug-likeness (QED) is 0.837. The van der Waals surface area contributed by atoms with E-state index in [1.165, 1.54) is 0 Å². The second-order valence-electron chi connectivity index (χ2n) is 4.78. The molecule has 4 heteroatoms. The number of carbonyl (C=O) groups is 1. The summed E-state index contributed by atoms with van der Waals surface area (Å²) in [7, 11) is 2.02. The Morgan fingerprint density at radius 2 is 2.11 bits per heavy atom. The molecule has 0 radical (unpaired) electrons. The molecule has 1 aromatic rings. The molecule has 0 saturated carbocycles. The molecular weight excluding hydrogens is 228 g/mol. The fraction of sp³-hybridized carbons (Fsp3) is 0.500. The second-order valence-corrected chi connectivity index (χ2v) is 4.78. The van der Waals surface area contributed by atoms with Crippen LogP contribution in [0.4, 0.5) is 0 Å². The molecule has 2 N–H and O–H groups in total. The first-order chi connectivity index (χ1) is 8.43. The van der Waals surface area contributed by atoms with Gasteiger partial charge in [0.25, 0.3) is 5.91 Å². The Bertz CT molecular complexity index is 416. The average Bonchev–Trinajstić information content (AvgIpc) is 2.32. The number of hydrogen-bond acceptors (Lipinski definition) is 3. The normalized spacial score (nSPS) is 11.0. The summed E-state index contributed by atoms with van der Waals surface area (Å²) in [5.41, 5.74) is 1.15. The molecule has 0 bridgehead atoms. The van der Waals surface area contributed by atoms with Crippen molar-refractivity contribution < 1.29 is 9.90 Å². The Hall–Kier alpha value is -1.55. The molecule has 0 atom stereocenters. The smallest absolute Gasteiger partial charge is 0.251 e. The summed E-state index contributed by atoms with van der Waals surface area (Å²) < 4.78 is 0. The van der Waals surface area contributed by atoms with Crippen molar-refractivity contribution in [1.29, 1.82) is 0 Å². The van der Waals surface area contributed by atoms with Crippen LogP contribution >= 0.6 is 0 Å². The molecule has 0 fully saturated rings. The Kier molecular flexibility index (Phi) is 5.16. The third-order valence-electron chi connectivity index (χ3n) is 3.18. The van der Waals surface area contributed by atoms with Crippen LogP contribution in [0.2, 0.25) is 0 Å². The van der Waals surface area contributed by atoms with Crippen molar-refractivity contribution in [1.82, 2.24) is 10.2 Å². The molecule has 0 aliphatic carbocycles. The van der Waals surface area contributed by atoms with Crippen LogP contribution in [0.15, 0.2) is 18.2 Å². The molecule has 1 rings (SSSR count). The summed E-state index contributed by atoms with van der Waals surface area (Å²) in [5, 5.41) is 12.4. The van der Waals surface area contributed by atoms with Gasteiger partial charge in [0.15, 0.2) is 0 Å². The third-order valence-corrected chi connectivity index (χ3v) is 3.18. The van der Waals surface area contributed by atoms with E-state index in [1.54, 1.807) is 25.1 Å². The van der Waals surface area contributed by atoms with Crippen LogP contribution in [0, 0.1) is 6.92 Å². The maximum Gasteiger partial charge on any atom is 0.251 e. The maximum absolute atomic E-state index is 11.9. The van der Waals surface area contributed by atoms with E-state index in [0.29, 0.717) is 23.7 Å². The summed E-state index contributed by atoms with van der Waals surface area (Å²) in [4.78, 5) is 14.1. The summed E-state index contributed by atoms with van der Waals surface area (Å²) in [6.07, 6.45) is 0. The van der Waals surface area contributed by atoms with Crippen LogP contribution < -0.4 is 5.32 Å². The van der Waals surface area contributed by atoms with Gasteiger partial charge in [-0.2, -0.15) is 0 Å². The highest BCUT2D eigenvalue weighted by Gasteiger charge is 2.11. The van der Waals surface area contributed by atoms with Gasteiger partial charge in [-0.1, -0.05) is 6.07 Å². The number of amides is 1. The lowest BCUT2D eigenvalue weighted by Crippen LogP contribution is -2.36. The molecule has 0 aromatic heterocycles. The number of hydrogen-bond donors (Lipinski definition) is 2. The van der Waals surface area contributed by atoms with Crippen LogP contribution in [0.5, 0.6) is 5.75 Å². The summed E-state index contributed by atoms with van der Waals surface area (Å²) in [5.74, 6) is 0.0162. The van der Waals surface area contributed by atoms with Crippen LogP contribution in [0.3, 0.4) is 0 Å². The highest BCUT2D eigenvalue weighted by Crippen LogP contribution is 2.19. The minimum absolute atomic E-state index is 0.138. The standard InChI is InChI=1S/C14H22N2O2/c1-10(2)16(4)9-8-15-14(18)12-6-5-7-13(17)11(12)3/h5-7,10,17H,8-9H2,1-4H3,(H,15,18). The number of nitrogens with one attached hydrogen (secondary N) is 1. The maximum atomic E-state index is 11.9. The van der Waals surface area contributed by atoms with Gasteiger partial charge in [-0.05, 0) is 40.0 Å². The molecular formula is C14H22N2O2. The van der Waals surface area contributed by atoms with Crippen molar-refractivity contribution >= 4 is 5.91 Å². The number of rotatable bonds is 5. The number of likely N-dealkylation sites (N-methyl/N-ethyl adjacent to an activating group) is 1. The van der Waals surface area contributed by atoms with Crippen molar-refractivity contribution in [3.63, 3.8) is 0 Å². The fourth-order valence-corrected chi connectivity index (χ4v) is 1.57. The number of aromatic hydroxyl groups is 1. The van der Waals surface area contributed by atoms with E-state index in [4.69, 9.17) is 0 Å². The molecule has 100 valence electrons. The van der Waals surface area contributed by atoms with Crippen molar-refractivity contribution in [2.75, 3.05) is 20.1 Å². The third kappa shape index (κ3) is 3.74. The summed E-state index contributed by atoms with van der Waals surface area (Å²) in [6.45, 7) is 7.37. The van der Waals surface area contributed by atoms with Crippen molar-refractivity contribution in [3.05, 3.63) is 29.3 Å². The van der Waals surface area contributed by atoms with E-state index >= 15 is 0 Å². The second kappa shape index (κ2) is 6.40. The first kappa shape index (κ1) is 14.5. The summed E-state index contributed by atoms with van der Waals surface area (Å²) in [6, 6.07) is 5.44. The van der Waals surface area contributed by atoms with E-state index in [2.05, 4.69) is 24.1 Å². The van der Waals surface area contributed by atoms with E-state index < -0.39 is 0 Å². The number of phenols is 1. The highest BCUT2D eigenvalue weighted by molar-refractivity contribution is 5.96. The lowest BCUT2D eigenvalue weighted by atomic mass is 10.1. The van der Waals surface area contributed by atoms with E-state index in [-0.39, 0.29) is 11.7 Å². The predicted octanol–water partition coefficient (Wildman–Crippen LogP) is 1.77. The van der Waals surface area contributed by atoms with E-state index in [1.807, 2.05) is 7.05 Å². The highest BCUT2D eigenvalue weighted by atomic mass is 16.3. The molecule has 0 saturated heterocycles. The van der Waals surface area contributed by atoms with Gasteiger partial charge in [0, 0.05) is 30.3 Å². The van der Waals surface area contributed by atoms with Crippen LogP contribution in [0.25, 0.3) is 0 Å². The molecule has 1 amide bonds. The molecule has 18 heavy (non-hydrogen) atoms. The number of nitrogens with zero attached hydrogens (tertiary/aromatic N) is 1. The van der Waals surface area contributed by atoms with Gasteiger partial charge in [-0.25, -0.2) is 0 Å². The number of benzene rings is 1. The molecule has 0 spiro atoms. The first-order valence-electron chi connectivity index (χ1n) is 6.20. The lowest BCUT2D eigenvalue weighted by Gasteiger charge is -2.21. The van der Waals surface area contributed by atoms with Gasteiger partial charge in [0.05, 0.1) is 0 Å².